The monoisotopic (exact) mass is 571 g/mol. The first kappa shape index (κ1) is 30.6. The SMILES string of the molecule is COc1cccc(C2(C(=O)NC(CCN(CCCCc3ccc4c(n3)NCCC4)CC(CF)OC)C(=O)O)CC2)n1. The van der Waals surface area contributed by atoms with Crippen LogP contribution in [0.25, 0.3) is 0 Å². The molecular formula is C30H42FN5O5. The lowest BCUT2D eigenvalue weighted by Crippen LogP contribution is -2.48. The number of anilines is 1. The molecule has 2 aliphatic rings. The number of nitrogens with one attached hydrogen (secondary N) is 2. The van der Waals surface area contributed by atoms with E-state index in [-0.39, 0.29) is 12.3 Å². The van der Waals surface area contributed by atoms with Gasteiger partial charge in [-0.1, -0.05) is 12.1 Å². The molecule has 2 aromatic rings. The normalized spacial score (nSPS) is 16.8. The van der Waals surface area contributed by atoms with Crippen LogP contribution in [0.2, 0.25) is 0 Å². The number of carbonyl (C=O) groups excluding carboxylic acids is 1. The minimum absolute atomic E-state index is 0.184. The molecule has 0 radical (unpaired) electrons. The summed E-state index contributed by atoms with van der Waals surface area (Å²) in [6.45, 7) is 1.69. The molecule has 0 bridgehead atoms. The van der Waals surface area contributed by atoms with Gasteiger partial charge in [0.25, 0.3) is 0 Å². The maximum absolute atomic E-state index is 13.5. The Morgan fingerprint density at radius 3 is 2.71 bits per heavy atom. The van der Waals surface area contributed by atoms with Crippen molar-refractivity contribution in [3.8, 4) is 5.88 Å². The van der Waals surface area contributed by atoms with Gasteiger partial charge in [-0.2, -0.15) is 0 Å². The van der Waals surface area contributed by atoms with E-state index in [4.69, 9.17) is 14.5 Å². The maximum Gasteiger partial charge on any atom is 0.326 e. The Morgan fingerprint density at radius 2 is 2.00 bits per heavy atom. The molecular weight excluding hydrogens is 529 g/mol. The molecule has 0 saturated heterocycles. The number of hydrogen-bond acceptors (Lipinski definition) is 8. The van der Waals surface area contributed by atoms with Crippen LogP contribution in [0.4, 0.5) is 10.2 Å². The number of pyridine rings is 2. The number of hydrogen-bond donors (Lipinski definition) is 3. The van der Waals surface area contributed by atoms with Crippen molar-refractivity contribution in [2.75, 3.05) is 52.4 Å². The summed E-state index contributed by atoms with van der Waals surface area (Å²) in [7, 11) is 2.98. The third kappa shape index (κ3) is 8.13. The molecule has 41 heavy (non-hydrogen) atoms. The Labute approximate surface area is 241 Å². The Kier molecular flexibility index (Phi) is 10.9. The van der Waals surface area contributed by atoms with Crippen LogP contribution in [0.15, 0.2) is 30.3 Å². The van der Waals surface area contributed by atoms with Crippen LogP contribution in [0.1, 0.15) is 55.5 Å². The van der Waals surface area contributed by atoms with E-state index in [2.05, 4.69) is 27.8 Å². The zero-order chi connectivity index (χ0) is 29.2. The molecule has 11 heteroatoms. The van der Waals surface area contributed by atoms with Crippen LogP contribution in [0.5, 0.6) is 5.88 Å². The zero-order valence-corrected chi connectivity index (χ0v) is 24.0. The fourth-order valence-electron chi connectivity index (χ4n) is 5.30. The largest absolute Gasteiger partial charge is 0.481 e. The van der Waals surface area contributed by atoms with Gasteiger partial charge in [0.05, 0.1) is 24.3 Å². The number of nitrogens with zero attached hydrogens (tertiary/aromatic N) is 3. The van der Waals surface area contributed by atoms with Gasteiger partial charge in [0.15, 0.2) is 0 Å². The summed E-state index contributed by atoms with van der Waals surface area (Å²) in [6.07, 6.45) is 5.51. The Morgan fingerprint density at radius 1 is 1.17 bits per heavy atom. The molecule has 1 aliphatic heterocycles. The van der Waals surface area contributed by atoms with Gasteiger partial charge in [-0.05, 0) is 75.6 Å². The Balaban J connectivity index is 1.32. The number of rotatable bonds is 17. The first-order valence-corrected chi connectivity index (χ1v) is 14.5. The first-order valence-electron chi connectivity index (χ1n) is 14.5. The van der Waals surface area contributed by atoms with Gasteiger partial charge in [0, 0.05) is 38.5 Å². The average molecular weight is 572 g/mol. The first-order chi connectivity index (χ1) is 19.9. The van der Waals surface area contributed by atoms with Gasteiger partial charge >= 0.3 is 5.97 Å². The third-order valence-corrected chi connectivity index (χ3v) is 8.02. The average Bonchev–Trinajstić information content (AvgIpc) is 3.81. The lowest BCUT2D eigenvalue weighted by atomic mass is 9.99. The lowest BCUT2D eigenvalue weighted by molar-refractivity contribution is -0.142. The molecule has 2 atom stereocenters. The lowest BCUT2D eigenvalue weighted by Gasteiger charge is -2.27. The number of aromatic nitrogens is 2. The fourth-order valence-corrected chi connectivity index (χ4v) is 5.30. The van der Waals surface area contributed by atoms with E-state index in [1.54, 1.807) is 18.2 Å². The van der Waals surface area contributed by atoms with Crippen LogP contribution in [-0.4, -0.2) is 91.1 Å². The number of alkyl halides is 1. The molecule has 3 N–H and O–H groups in total. The highest BCUT2D eigenvalue weighted by molar-refractivity contribution is 5.93. The number of halogens is 1. The summed E-state index contributed by atoms with van der Waals surface area (Å²) < 4.78 is 23.9. The quantitative estimate of drug-likeness (QED) is 0.246. The van der Waals surface area contributed by atoms with Crippen LogP contribution in [0.3, 0.4) is 0 Å². The van der Waals surface area contributed by atoms with Crippen LogP contribution in [0, 0.1) is 0 Å². The summed E-state index contributed by atoms with van der Waals surface area (Å²) in [6, 6.07) is 8.41. The second-order valence-electron chi connectivity index (χ2n) is 10.9. The predicted octanol–water partition coefficient (Wildman–Crippen LogP) is 3.14. The molecule has 10 nitrogen and oxygen atoms in total. The molecule has 0 aromatic carbocycles. The molecule has 1 saturated carbocycles. The topological polar surface area (TPSA) is 126 Å². The van der Waals surface area contributed by atoms with Crippen molar-refractivity contribution >= 4 is 17.7 Å². The Hall–Kier alpha value is -3.31. The molecule has 3 heterocycles. The summed E-state index contributed by atoms with van der Waals surface area (Å²) in [5.74, 6) is -0.0545. The smallest absolute Gasteiger partial charge is 0.326 e. The van der Waals surface area contributed by atoms with Gasteiger partial charge in [-0.3, -0.25) is 4.79 Å². The van der Waals surface area contributed by atoms with Crippen LogP contribution in [-0.2, 0) is 32.6 Å². The maximum atomic E-state index is 13.5. The summed E-state index contributed by atoms with van der Waals surface area (Å²) in [5.41, 5.74) is 2.04. The van der Waals surface area contributed by atoms with Gasteiger partial charge in [-0.15, -0.1) is 0 Å². The Bertz CT molecular complexity index is 1170. The summed E-state index contributed by atoms with van der Waals surface area (Å²) in [5, 5.41) is 16.0. The minimum atomic E-state index is -1.10. The number of carboxylic acids is 1. The van der Waals surface area contributed by atoms with E-state index in [9.17, 15) is 19.1 Å². The number of aryl methyl sites for hydroxylation is 2. The van der Waals surface area contributed by atoms with Crippen molar-refractivity contribution in [1.29, 1.82) is 0 Å². The molecule has 2 aromatic heterocycles. The highest BCUT2D eigenvalue weighted by atomic mass is 19.1. The molecule has 1 fully saturated rings. The number of fused-ring (bicyclic) bond motifs is 1. The third-order valence-electron chi connectivity index (χ3n) is 8.02. The van der Waals surface area contributed by atoms with Crippen molar-refractivity contribution in [2.24, 2.45) is 0 Å². The predicted molar refractivity (Wildman–Crippen MR) is 153 cm³/mol. The van der Waals surface area contributed by atoms with E-state index in [0.717, 1.165) is 50.2 Å². The number of unbranched alkanes of at least 4 members (excludes halogenated alkanes) is 1. The molecule has 0 spiro atoms. The van der Waals surface area contributed by atoms with Gasteiger partial charge in [0.1, 0.15) is 18.5 Å². The van der Waals surface area contributed by atoms with E-state index >= 15 is 0 Å². The minimum Gasteiger partial charge on any atom is -0.481 e. The molecule has 1 amide bonds. The van der Waals surface area contributed by atoms with Crippen molar-refractivity contribution in [3.63, 3.8) is 0 Å². The van der Waals surface area contributed by atoms with E-state index < -0.39 is 30.2 Å². The fraction of sp³-hybridized carbons (Fsp3) is 0.600. The van der Waals surface area contributed by atoms with Gasteiger partial charge < -0.3 is 30.1 Å². The van der Waals surface area contributed by atoms with E-state index in [1.165, 1.54) is 19.8 Å². The van der Waals surface area contributed by atoms with E-state index in [0.29, 0.717) is 44.0 Å². The number of amides is 1. The zero-order valence-electron chi connectivity index (χ0n) is 24.0. The molecule has 2 unspecified atom stereocenters. The van der Waals surface area contributed by atoms with Gasteiger partial charge in [0.2, 0.25) is 11.8 Å². The number of ether oxygens (including phenoxy) is 2. The summed E-state index contributed by atoms with van der Waals surface area (Å²) >= 11 is 0. The summed E-state index contributed by atoms with van der Waals surface area (Å²) in [4.78, 5) is 36.6. The van der Waals surface area contributed by atoms with Crippen molar-refractivity contribution in [3.05, 3.63) is 47.3 Å². The second-order valence-corrected chi connectivity index (χ2v) is 10.9. The molecule has 224 valence electrons. The van der Waals surface area contributed by atoms with Crippen LogP contribution < -0.4 is 15.4 Å². The number of carboxylic acid groups (broad SMARTS) is 1. The standard InChI is InChI=1S/C30H42FN5O5/c1-40-23(19-31)20-36(17-4-3-8-22-12-11-21-7-6-16-32-27(21)33-22)18-13-24(28(37)38)34-29(39)30(14-15-30)25-9-5-10-26(35-25)41-2/h5,9-12,23-24H,3-4,6-8,13-20H2,1-2H3,(H,32,33)(H,34,39)(H,37,38). The molecule has 1 aliphatic carbocycles. The second kappa shape index (κ2) is 14.5. The van der Waals surface area contributed by atoms with Crippen molar-refractivity contribution in [1.82, 2.24) is 20.2 Å². The highest BCUT2D eigenvalue weighted by Gasteiger charge is 2.53. The highest BCUT2D eigenvalue weighted by Crippen LogP contribution is 2.48. The van der Waals surface area contributed by atoms with Crippen LogP contribution >= 0.6 is 0 Å². The number of methoxy groups -OCH3 is 2. The van der Waals surface area contributed by atoms with E-state index in [1.807, 2.05) is 4.90 Å². The van der Waals surface area contributed by atoms with Gasteiger partial charge in [-0.25, -0.2) is 19.2 Å². The van der Waals surface area contributed by atoms with Crippen molar-refractivity contribution in [2.45, 2.75) is 68.9 Å². The van der Waals surface area contributed by atoms with Crippen molar-refractivity contribution < 1.29 is 28.6 Å². The number of carbonyl (C=O) groups is 2. The molecule has 4 rings (SSSR count). The number of aliphatic carboxylic acids is 1.